The molecule has 3 N–H and O–H groups in total. The van der Waals surface area contributed by atoms with E-state index < -0.39 is 17.8 Å². The zero-order valence-corrected chi connectivity index (χ0v) is 18.7. The second-order valence-electron chi connectivity index (χ2n) is 9.94. The highest BCUT2D eigenvalue weighted by Gasteiger charge is 2.69. The molecular formula is C22H26ClF3N4O3. The molecule has 7 nitrogen and oxygen atoms in total. The predicted molar refractivity (Wildman–Crippen MR) is 114 cm³/mol. The van der Waals surface area contributed by atoms with Crippen LogP contribution in [0.15, 0.2) is 18.2 Å². The van der Waals surface area contributed by atoms with E-state index in [1.165, 1.54) is 12.1 Å². The van der Waals surface area contributed by atoms with Crippen LogP contribution in [0, 0.1) is 5.82 Å². The molecule has 6 rings (SSSR count). The zero-order chi connectivity index (χ0) is 23.4. The minimum absolute atomic E-state index is 0.00519. The number of carbonyl (C=O) groups is 2. The van der Waals surface area contributed by atoms with Crippen LogP contribution in [0.5, 0.6) is 5.75 Å². The van der Waals surface area contributed by atoms with Crippen LogP contribution in [-0.4, -0.2) is 72.0 Å². The predicted octanol–water partition coefficient (Wildman–Crippen LogP) is 1.84. The van der Waals surface area contributed by atoms with Crippen molar-refractivity contribution < 1.29 is 27.5 Å². The molecule has 11 heteroatoms. The Morgan fingerprint density at radius 3 is 2.55 bits per heavy atom. The first-order chi connectivity index (χ1) is 15.6. The molecule has 2 saturated heterocycles. The Morgan fingerprint density at radius 2 is 1.88 bits per heavy atom. The maximum Gasteiger partial charge on any atom is 0.272 e. The number of hydrogen-bond donors (Lipinski definition) is 3. The third-order valence-electron chi connectivity index (χ3n) is 7.16. The van der Waals surface area contributed by atoms with E-state index in [0.29, 0.717) is 32.2 Å². The fourth-order valence-corrected chi connectivity index (χ4v) is 5.80. The third kappa shape index (κ3) is 4.52. The first-order valence-electron chi connectivity index (χ1n) is 11.1. The summed E-state index contributed by atoms with van der Waals surface area (Å²) in [5, 5.41) is 9.23. The Balaban J connectivity index is 1.04. The number of alkyl halides is 2. The molecule has 2 unspecified atom stereocenters. The van der Waals surface area contributed by atoms with Crippen molar-refractivity contribution in [1.82, 2.24) is 20.9 Å². The van der Waals surface area contributed by atoms with Gasteiger partial charge in [0.15, 0.2) is 6.61 Å². The number of halogens is 4. The molecule has 0 radical (unpaired) electrons. The highest BCUT2D eigenvalue weighted by atomic mass is 35.5. The molecule has 2 heterocycles. The molecule has 1 aromatic rings. The molecule has 180 valence electrons. The summed E-state index contributed by atoms with van der Waals surface area (Å²) < 4.78 is 45.1. The van der Waals surface area contributed by atoms with E-state index in [1.54, 1.807) is 4.90 Å². The van der Waals surface area contributed by atoms with Gasteiger partial charge in [-0.05, 0) is 50.8 Å². The van der Waals surface area contributed by atoms with Gasteiger partial charge in [-0.1, -0.05) is 11.6 Å². The van der Waals surface area contributed by atoms with Gasteiger partial charge in [0.05, 0.1) is 24.2 Å². The molecule has 0 aromatic heterocycles. The van der Waals surface area contributed by atoms with Crippen molar-refractivity contribution in [2.24, 2.45) is 0 Å². The molecule has 5 aliphatic rings. The minimum atomic E-state index is -2.61. The maximum atomic E-state index is 13.5. The van der Waals surface area contributed by atoms with Crippen LogP contribution >= 0.6 is 11.6 Å². The van der Waals surface area contributed by atoms with Crippen molar-refractivity contribution in [3.8, 4) is 5.75 Å². The van der Waals surface area contributed by atoms with Crippen molar-refractivity contribution in [2.75, 3.05) is 26.2 Å². The fourth-order valence-electron chi connectivity index (χ4n) is 5.68. The summed E-state index contributed by atoms with van der Waals surface area (Å²) in [4.78, 5) is 26.8. The van der Waals surface area contributed by atoms with Gasteiger partial charge in [-0.15, -0.1) is 0 Å². The first-order valence-corrected chi connectivity index (χ1v) is 11.5. The second kappa shape index (κ2) is 8.02. The van der Waals surface area contributed by atoms with Crippen molar-refractivity contribution in [2.45, 2.75) is 61.2 Å². The third-order valence-corrected chi connectivity index (χ3v) is 7.47. The van der Waals surface area contributed by atoms with Crippen molar-refractivity contribution >= 4 is 23.4 Å². The van der Waals surface area contributed by atoms with Crippen LogP contribution in [-0.2, 0) is 9.59 Å². The van der Waals surface area contributed by atoms with E-state index in [2.05, 4.69) is 16.0 Å². The molecule has 33 heavy (non-hydrogen) atoms. The van der Waals surface area contributed by atoms with Gasteiger partial charge in [-0.2, -0.15) is 0 Å². The lowest BCUT2D eigenvalue weighted by atomic mass is 9.44. The van der Waals surface area contributed by atoms with E-state index in [0.717, 1.165) is 12.5 Å². The van der Waals surface area contributed by atoms with E-state index >= 15 is 0 Å². The highest BCUT2D eigenvalue weighted by Crippen LogP contribution is 2.60. The standard InChI is InChI=1S/C22H26ClF3N4O3/c23-15-2-1-14(6-16(15)24)33-7-18(31)28-20-8-21(9-20,10-20)29-19(32)17-5-13(3-4-27-17)30-11-22(25,26)12-30/h1-2,6,13,17,27H,3-5,7-12H2,(H,28,31)(H,29,32). The lowest BCUT2D eigenvalue weighted by Gasteiger charge is -2.70. The molecule has 3 aliphatic carbocycles. The summed E-state index contributed by atoms with van der Waals surface area (Å²) >= 11 is 5.63. The number of benzene rings is 1. The Labute approximate surface area is 194 Å². The van der Waals surface area contributed by atoms with E-state index in [1.807, 2.05) is 0 Å². The Hall–Kier alpha value is -2.04. The number of carbonyl (C=O) groups excluding carboxylic acids is 2. The molecule has 2 bridgehead atoms. The number of amides is 2. The molecule has 2 amide bonds. The molecule has 0 spiro atoms. The average molecular weight is 487 g/mol. The summed E-state index contributed by atoms with van der Waals surface area (Å²) in [5.41, 5.74) is -0.659. The summed E-state index contributed by atoms with van der Waals surface area (Å²) in [6.07, 6.45) is 3.19. The monoisotopic (exact) mass is 486 g/mol. The summed E-state index contributed by atoms with van der Waals surface area (Å²) in [6, 6.07) is 3.57. The molecule has 2 atom stereocenters. The summed E-state index contributed by atoms with van der Waals surface area (Å²) in [5.74, 6) is -3.43. The van der Waals surface area contributed by atoms with Crippen molar-refractivity contribution in [3.05, 3.63) is 29.0 Å². The number of likely N-dealkylation sites (tertiary alicyclic amines) is 1. The van der Waals surface area contributed by atoms with Gasteiger partial charge in [0.25, 0.3) is 11.8 Å². The average Bonchev–Trinajstić information content (AvgIpc) is 2.70. The van der Waals surface area contributed by atoms with Gasteiger partial charge in [0.2, 0.25) is 5.91 Å². The SMILES string of the molecule is O=C(COc1ccc(Cl)c(F)c1)NC12CC(NC(=O)C3CC(N4CC(F)(F)C4)CCN3)(C1)C2. The normalized spacial score (nSPS) is 34.3. The van der Waals surface area contributed by atoms with Gasteiger partial charge >= 0.3 is 0 Å². The van der Waals surface area contributed by atoms with Crippen LogP contribution in [0.2, 0.25) is 5.02 Å². The Morgan fingerprint density at radius 1 is 1.18 bits per heavy atom. The van der Waals surface area contributed by atoms with Crippen LogP contribution in [0.3, 0.4) is 0 Å². The molecular weight excluding hydrogens is 461 g/mol. The van der Waals surface area contributed by atoms with Crippen LogP contribution in [0.1, 0.15) is 32.1 Å². The lowest BCUT2D eigenvalue weighted by molar-refractivity contribution is -0.156. The van der Waals surface area contributed by atoms with Crippen molar-refractivity contribution in [1.29, 1.82) is 0 Å². The summed E-state index contributed by atoms with van der Waals surface area (Å²) in [7, 11) is 0. The summed E-state index contributed by atoms with van der Waals surface area (Å²) in [6.45, 7) is -0.0792. The first kappa shape index (κ1) is 22.7. The Kier molecular flexibility index (Phi) is 5.53. The van der Waals surface area contributed by atoms with Gasteiger partial charge in [0.1, 0.15) is 11.6 Å². The molecule has 2 aliphatic heterocycles. The van der Waals surface area contributed by atoms with E-state index in [-0.39, 0.29) is 59.4 Å². The minimum Gasteiger partial charge on any atom is -0.484 e. The molecule has 1 aromatic carbocycles. The van der Waals surface area contributed by atoms with Gasteiger partial charge in [0, 0.05) is 23.2 Å². The number of piperidine rings is 1. The number of hydrogen-bond acceptors (Lipinski definition) is 5. The quantitative estimate of drug-likeness (QED) is 0.548. The Bertz CT molecular complexity index is 950. The second-order valence-corrected chi connectivity index (χ2v) is 10.3. The van der Waals surface area contributed by atoms with Gasteiger partial charge in [-0.3, -0.25) is 14.5 Å². The van der Waals surface area contributed by atoms with E-state index in [4.69, 9.17) is 16.3 Å². The van der Waals surface area contributed by atoms with Crippen molar-refractivity contribution in [3.63, 3.8) is 0 Å². The zero-order valence-electron chi connectivity index (χ0n) is 17.9. The van der Waals surface area contributed by atoms with Crippen LogP contribution < -0.4 is 20.7 Å². The number of nitrogens with zero attached hydrogens (tertiary/aromatic N) is 1. The smallest absolute Gasteiger partial charge is 0.272 e. The van der Waals surface area contributed by atoms with Crippen LogP contribution in [0.25, 0.3) is 0 Å². The highest BCUT2D eigenvalue weighted by molar-refractivity contribution is 6.30. The maximum absolute atomic E-state index is 13.5. The molecule has 5 fully saturated rings. The van der Waals surface area contributed by atoms with Gasteiger partial charge < -0.3 is 20.7 Å². The largest absolute Gasteiger partial charge is 0.484 e. The number of rotatable bonds is 7. The number of ether oxygens (including phenoxy) is 1. The van der Waals surface area contributed by atoms with Gasteiger partial charge in [-0.25, -0.2) is 13.2 Å². The molecule has 3 saturated carbocycles. The van der Waals surface area contributed by atoms with Crippen LogP contribution in [0.4, 0.5) is 13.2 Å². The lowest BCUT2D eigenvalue weighted by Crippen LogP contribution is -2.84. The topological polar surface area (TPSA) is 82.7 Å². The van der Waals surface area contributed by atoms with E-state index in [9.17, 15) is 22.8 Å². The number of nitrogens with one attached hydrogen (secondary N) is 3. The fraction of sp³-hybridized carbons (Fsp3) is 0.636.